The van der Waals surface area contributed by atoms with Gasteiger partial charge in [0, 0.05) is 64.1 Å². The van der Waals surface area contributed by atoms with Gasteiger partial charge < -0.3 is 68.9 Å². The van der Waals surface area contributed by atoms with Crippen LogP contribution in [0.3, 0.4) is 0 Å². The van der Waals surface area contributed by atoms with Crippen LogP contribution in [0.15, 0.2) is 179 Å². The van der Waals surface area contributed by atoms with E-state index in [4.69, 9.17) is 102 Å². The molecule has 3 aliphatic heterocycles. The molecule has 0 amide bonds. The number of furan rings is 2. The summed E-state index contributed by atoms with van der Waals surface area (Å²) in [4.78, 5) is 45.1. The molecular formula is C68H46Cl3Cs2F9O18. The van der Waals surface area contributed by atoms with E-state index in [-0.39, 0.29) is 238 Å². The molecule has 8 aromatic carbocycles. The van der Waals surface area contributed by atoms with Crippen molar-refractivity contribution in [2.24, 2.45) is 11.8 Å². The molecular weight excluding hydrogens is 1650 g/mol. The van der Waals surface area contributed by atoms with Gasteiger partial charge in [0.2, 0.25) is 5.78 Å². The molecule has 18 nitrogen and oxygen atoms in total. The molecule has 0 spiro atoms. The van der Waals surface area contributed by atoms with E-state index in [2.05, 4.69) is 4.89 Å². The number of carboxylic acid groups (broad SMARTS) is 1. The zero-order chi connectivity index (χ0) is 70.5. The van der Waals surface area contributed by atoms with Crippen molar-refractivity contribution in [3.05, 3.63) is 219 Å². The van der Waals surface area contributed by atoms with Crippen LogP contribution in [0.2, 0.25) is 15.1 Å². The number of fused-ring (bicyclic) bond motifs is 9. The van der Waals surface area contributed by atoms with Crippen molar-refractivity contribution in [3.63, 3.8) is 0 Å². The van der Waals surface area contributed by atoms with E-state index in [1.54, 1.807) is 98.3 Å². The van der Waals surface area contributed by atoms with E-state index < -0.39 is 47.1 Å². The summed E-state index contributed by atoms with van der Waals surface area (Å²) >= 11 is 17.6. The maximum atomic E-state index is 12.7. The van der Waals surface area contributed by atoms with E-state index >= 15 is 0 Å². The molecule has 3 unspecified atom stereocenters. The fraction of sp³-hybridized carbons (Fsp3) is 0.176. The van der Waals surface area contributed by atoms with Gasteiger partial charge in [0.15, 0.2) is 6.61 Å². The maximum Gasteiger partial charge on any atom is 1.00 e. The zero-order valence-corrected chi connectivity index (χ0v) is 66.5. The second kappa shape index (κ2) is 33.8. The van der Waals surface area contributed by atoms with Gasteiger partial charge in [-0.15, -0.1) is 0 Å². The van der Waals surface area contributed by atoms with Gasteiger partial charge in [-0.25, -0.2) is 0 Å². The van der Waals surface area contributed by atoms with Crippen molar-refractivity contribution in [1.29, 1.82) is 0 Å². The average molecular weight is 1690 g/mol. The SMILES string of the molecule is CCOC(=O)C1C2Oc3cc(Oc4ccc(C(F)(F)F)cc4Cl)ccc3C21.FC(F)(F)c1ccc(Oc2ccc3ccoc3c2)c(Cl)c1.O=C(O)[C@H]1[C@@H]2Oc3cc(Oc4ccc(C(F)(F)F)cc4Cl)ccc3[C@@H]21.O=C1COc2cc(O)ccc21.O=CO[O-].Oc1ccc2ccoc2c1.[Cs+].[Cs+].[H-]. The molecule has 2 saturated carbocycles. The van der Waals surface area contributed by atoms with Crippen LogP contribution in [0.25, 0.3) is 21.9 Å². The fourth-order valence-corrected chi connectivity index (χ4v) is 11.0. The second-order valence-corrected chi connectivity index (χ2v) is 22.6. The first-order valence-electron chi connectivity index (χ1n) is 28.5. The van der Waals surface area contributed by atoms with E-state index in [9.17, 15) is 53.9 Å². The minimum atomic E-state index is -4.48. The molecule has 5 heterocycles. The van der Waals surface area contributed by atoms with Crippen molar-refractivity contribution in [1.82, 2.24) is 0 Å². The molecule has 10 aromatic rings. The third-order valence-corrected chi connectivity index (χ3v) is 15.8. The summed E-state index contributed by atoms with van der Waals surface area (Å²) in [6.07, 6.45) is -10.8. The number of ketones is 1. The molecule has 2 aromatic heterocycles. The maximum absolute atomic E-state index is 12.7. The fourth-order valence-electron chi connectivity index (χ4n) is 10.3. The van der Waals surface area contributed by atoms with Crippen LogP contribution in [0.1, 0.15) is 58.4 Å². The van der Waals surface area contributed by atoms with Crippen molar-refractivity contribution in [2.75, 3.05) is 13.2 Å². The van der Waals surface area contributed by atoms with Gasteiger partial charge >= 0.3 is 168 Å². The molecule has 3 N–H and O–H groups in total. The molecule has 2 aliphatic carbocycles. The number of phenolic OH excluding ortho intramolecular Hbond substituents is 2. The normalized spacial score (nSPS) is 17.2. The molecule has 32 heteroatoms. The minimum absolute atomic E-state index is 0. The smallest absolute Gasteiger partial charge is 1.00 e. The Kier molecular flexibility index (Phi) is 26.8. The number of esters is 1. The Hall–Kier alpha value is -6.38. The Balaban J connectivity index is 0.000000180. The molecule has 0 radical (unpaired) electrons. The number of Topliss-reactive ketones (excluding diaryl/α,β-unsaturated/α-hetero) is 1. The Morgan fingerprint density at radius 1 is 0.560 bits per heavy atom. The largest absolute Gasteiger partial charge is 1.00 e. The third-order valence-electron chi connectivity index (χ3n) is 15.0. The van der Waals surface area contributed by atoms with Crippen molar-refractivity contribution in [3.8, 4) is 63.2 Å². The third kappa shape index (κ3) is 19.5. The van der Waals surface area contributed by atoms with Gasteiger partial charge in [-0.2, -0.15) is 39.5 Å². The van der Waals surface area contributed by atoms with Gasteiger partial charge in [0.1, 0.15) is 98.5 Å². The van der Waals surface area contributed by atoms with Gasteiger partial charge in [-0.05, 0) is 122 Å². The average Bonchev–Trinajstić information content (AvgIpc) is 1.56. The Morgan fingerprint density at radius 3 is 1.41 bits per heavy atom. The summed E-state index contributed by atoms with van der Waals surface area (Å²) in [5.74, 6) is 1.27. The number of hydrogen-bond donors (Lipinski definition) is 3. The summed E-state index contributed by atoms with van der Waals surface area (Å²) in [7, 11) is 0. The number of carbonyl (C=O) groups is 4. The van der Waals surface area contributed by atoms with Crippen LogP contribution in [0.4, 0.5) is 39.5 Å². The van der Waals surface area contributed by atoms with E-state index in [0.29, 0.717) is 52.3 Å². The Labute approximate surface area is 693 Å². The number of aromatic hydroxyl groups is 2. The number of rotatable bonds is 10. The number of alkyl halides is 9. The first-order valence-corrected chi connectivity index (χ1v) is 29.7. The zero-order valence-electron chi connectivity index (χ0n) is 52.6. The van der Waals surface area contributed by atoms with Gasteiger partial charge in [0.25, 0.3) is 6.47 Å². The summed E-state index contributed by atoms with van der Waals surface area (Å²) < 4.78 is 162. The van der Waals surface area contributed by atoms with E-state index in [1.807, 2.05) is 12.1 Å². The first-order chi connectivity index (χ1) is 46.5. The van der Waals surface area contributed by atoms with Crippen LogP contribution in [-0.2, 0) is 42.5 Å². The van der Waals surface area contributed by atoms with Gasteiger partial charge in [0.05, 0.1) is 56.5 Å². The van der Waals surface area contributed by atoms with Crippen LogP contribution in [0, 0.1) is 11.8 Å². The number of benzene rings is 8. The molecule has 0 bridgehead atoms. The molecule has 0 saturated heterocycles. The number of hydrogen-bond acceptors (Lipinski definition) is 17. The number of aliphatic carboxylic acids is 1. The number of halogens is 12. The molecule has 6 atom stereocenters. The number of ether oxygens (including phenoxy) is 7. The first kappa shape index (κ1) is 79.3. The quantitative estimate of drug-likeness (QED) is 0.0378. The number of carboxylic acids is 1. The standard InChI is InChI=1S/C19H14ClF3O4.C17H10ClF3O4.C15H8ClF3O2.C8H6O3.C8H6O2.CH2O3.2Cs.H/c1-2-25-18(24)16-15-11-5-4-10(8-14(11)27-17(15)16)26-13-6-3-9(7-12(13)20)19(21,22)23;18-10-5-7(17(19,20)21)1-4-11(10)24-8-2-3-9-12(6-8)25-15-13(9)14(15)16(22)23;16-12-7-10(15(17,18)19)2-4-13(12)21-11-3-1-9-5-6-20-14(9)8-11;9-5-1-2-6-7(10)4-11-8(6)3-5;9-7-2-1-6-3-4-10-8(6)5-7;2-1-4-3;;;/h3-8,15-17H,2H2,1H3;1-6,13-15H,(H,22,23);1-8H;1-3,9H,4H2;1-5,9H;1,3H;;;/q;;;;;;2*+1;-1/p-1/t;13-,14-,15-;;;;;;;/m.1......./s1. The Morgan fingerprint density at radius 2 is 0.970 bits per heavy atom. The number of carbonyl (C=O) groups excluding carboxylic acids is 3. The molecule has 5 aliphatic rings. The van der Waals surface area contributed by atoms with Gasteiger partial charge in [-0.3, -0.25) is 19.2 Å². The summed E-state index contributed by atoms with van der Waals surface area (Å²) in [5, 5.41) is 37.0. The van der Waals surface area contributed by atoms with Crippen LogP contribution >= 0.6 is 34.8 Å². The van der Waals surface area contributed by atoms with Crippen molar-refractivity contribution in [2.45, 2.75) is 49.5 Å². The van der Waals surface area contributed by atoms with Crippen LogP contribution in [-0.4, -0.2) is 64.9 Å². The Bertz CT molecular complexity index is 4630. The molecule has 2 fully saturated rings. The summed E-state index contributed by atoms with van der Waals surface area (Å²) in [6, 6.07) is 37.0. The van der Waals surface area contributed by atoms with Crippen molar-refractivity contribution < 1.29 is 265 Å². The minimum Gasteiger partial charge on any atom is -1.00 e. The van der Waals surface area contributed by atoms with E-state index in [1.165, 1.54) is 24.3 Å². The molecule has 100 heavy (non-hydrogen) atoms. The predicted octanol–water partition coefficient (Wildman–Crippen LogP) is 11.5. The summed E-state index contributed by atoms with van der Waals surface area (Å²) in [6.45, 7) is 1.99. The monoisotopic (exact) mass is 1690 g/mol. The molecule has 15 rings (SSSR count). The van der Waals surface area contributed by atoms with Gasteiger partial charge in [-0.1, -0.05) is 46.9 Å². The van der Waals surface area contributed by atoms with Crippen LogP contribution in [0.5, 0.6) is 63.2 Å². The van der Waals surface area contributed by atoms with Crippen molar-refractivity contribution >= 4 is 80.9 Å². The molecule has 512 valence electrons. The van der Waals surface area contributed by atoms with E-state index in [0.717, 1.165) is 69.9 Å². The summed E-state index contributed by atoms with van der Waals surface area (Å²) in [5.41, 5.74) is 1.07. The number of phenols is 2. The predicted molar refractivity (Wildman–Crippen MR) is 328 cm³/mol. The van der Waals surface area contributed by atoms with Crippen LogP contribution < -0.4 is 171 Å². The second-order valence-electron chi connectivity index (χ2n) is 21.3. The topological polar surface area (TPSA) is 252 Å².